The number of ether oxygens (including phenoxy) is 2. The normalized spacial score (nSPS) is 13.8. The number of hydrogen-bond acceptors (Lipinski definition) is 3. The SMILES string of the molecule is Cc1cc2c(cc1CC=O)OCCO2. The van der Waals surface area contributed by atoms with Crippen molar-refractivity contribution in [3.05, 3.63) is 23.3 Å². The number of fused-ring (bicyclic) bond motifs is 1. The van der Waals surface area contributed by atoms with Crippen molar-refractivity contribution in [1.82, 2.24) is 0 Å². The Morgan fingerprint density at radius 2 is 1.93 bits per heavy atom. The van der Waals surface area contributed by atoms with Crippen LogP contribution in [0.4, 0.5) is 0 Å². The van der Waals surface area contributed by atoms with Gasteiger partial charge in [0.25, 0.3) is 0 Å². The van der Waals surface area contributed by atoms with Crippen LogP contribution < -0.4 is 9.47 Å². The van der Waals surface area contributed by atoms with Crippen molar-refractivity contribution in [1.29, 1.82) is 0 Å². The second kappa shape index (κ2) is 3.70. The van der Waals surface area contributed by atoms with Crippen LogP contribution in [0.3, 0.4) is 0 Å². The van der Waals surface area contributed by atoms with Gasteiger partial charge >= 0.3 is 0 Å². The van der Waals surface area contributed by atoms with E-state index in [1.165, 1.54) is 0 Å². The van der Waals surface area contributed by atoms with Gasteiger partial charge in [-0.25, -0.2) is 0 Å². The lowest BCUT2D eigenvalue weighted by Gasteiger charge is -2.19. The highest BCUT2D eigenvalue weighted by Gasteiger charge is 2.13. The molecule has 1 aliphatic rings. The lowest BCUT2D eigenvalue weighted by Crippen LogP contribution is -2.15. The van der Waals surface area contributed by atoms with Gasteiger partial charge in [-0.15, -0.1) is 0 Å². The molecule has 0 radical (unpaired) electrons. The Labute approximate surface area is 82.6 Å². The number of aryl methyl sites for hydroxylation is 1. The van der Waals surface area contributed by atoms with Crippen LogP contribution in [0.1, 0.15) is 11.1 Å². The summed E-state index contributed by atoms with van der Waals surface area (Å²) in [5.41, 5.74) is 2.07. The zero-order valence-corrected chi connectivity index (χ0v) is 8.08. The first-order valence-corrected chi connectivity index (χ1v) is 4.64. The topological polar surface area (TPSA) is 35.5 Å². The van der Waals surface area contributed by atoms with Crippen LogP contribution in [-0.2, 0) is 11.2 Å². The van der Waals surface area contributed by atoms with Crippen LogP contribution in [0.25, 0.3) is 0 Å². The molecule has 1 aromatic carbocycles. The van der Waals surface area contributed by atoms with Crippen molar-refractivity contribution in [2.24, 2.45) is 0 Å². The maximum Gasteiger partial charge on any atom is 0.161 e. The number of aldehydes is 1. The van der Waals surface area contributed by atoms with Gasteiger partial charge in [0.1, 0.15) is 19.5 Å². The van der Waals surface area contributed by atoms with Crippen molar-refractivity contribution >= 4 is 6.29 Å². The van der Waals surface area contributed by atoms with Crippen molar-refractivity contribution in [2.45, 2.75) is 13.3 Å². The third kappa shape index (κ3) is 1.58. The molecule has 1 aromatic rings. The molecule has 0 amide bonds. The zero-order chi connectivity index (χ0) is 9.97. The Morgan fingerprint density at radius 1 is 1.29 bits per heavy atom. The van der Waals surface area contributed by atoms with Crippen molar-refractivity contribution in [3.8, 4) is 11.5 Å². The van der Waals surface area contributed by atoms with Crippen LogP contribution >= 0.6 is 0 Å². The number of hydrogen-bond donors (Lipinski definition) is 0. The Balaban J connectivity index is 2.40. The molecular weight excluding hydrogens is 180 g/mol. The summed E-state index contributed by atoms with van der Waals surface area (Å²) in [5, 5.41) is 0. The Bertz CT molecular complexity index is 358. The standard InChI is InChI=1S/C11H12O3/c1-8-6-10-11(14-5-4-13-10)7-9(8)2-3-12/h3,6-7H,2,4-5H2,1H3. The third-order valence-corrected chi connectivity index (χ3v) is 2.30. The first kappa shape index (κ1) is 9.06. The molecule has 2 rings (SSSR count). The van der Waals surface area contributed by atoms with Gasteiger partial charge < -0.3 is 14.3 Å². The highest BCUT2D eigenvalue weighted by atomic mass is 16.6. The van der Waals surface area contributed by atoms with Crippen LogP contribution in [0.2, 0.25) is 0 Å². The fraction of sp³-hybridized carbons (Fsp3) is 0.364. The summed E-state index contributed by atoms with van der Waals surface area (Å²) in [6, 6.07) is 3.81. The largest absolute Gasteiger partial charge is 0.486 e. The summed E-state index contributed by atoms with van der Waals surface area (Å²) >= 11 is 0. The maximum absolute atomic E-state index is 10.4. The molecule has 0 aromatic heterocycles. The molecule has 0 bridgehead atoms. The molecule has 0 fully saturated rings. The van der Waals surface area contributed by atoms with E-state index >= 15 is 0 Å². The molecule has 3 heteroatoms. The second-order valence-electron chi connectivity index (χ2n) is 3.29. The zero-order valence-electron chi connectivity index (χ0n) is 8.08. The highest BCUT2D eigenvalue weighted by molar-refractivity contribution is 5.59. The molecule has 0 unspecified atom stereocenters. The molecule has 0 aliphatic carbocycles. The van der Waals surface area contributed by atoms with Gasteiger partial charge in [0.05, 0.1) is 0 Å². The molecular formula is C11H12O3. The van der Waals surface area contributed by atoms with E-state index in [-0.39, 0.29) is 0 Å². The van der Waals surface area contributed by atoms with Crippen LogP contribution in [0.15, 0.2) is 12.1 Å². The van der Waals surface area contributed by atoms with Gasteiger partial charge in [-0.3, -0.25) is 0 Å². The van der Waals surface area contributed by atoms with Gasteiger partial charge in [0.15, 0.2) is 11.5 Å². The summed E-state index contributed by atoms with van der Waals surface area (Å²) in [6.07, 6.45) is 1.33. The van der Waals surface area contributed by atoms with Crippen LogP contribution in [0, 0.1) is 6.92 Å². The second-order valence-corrected chi connectivity index (χ2v) is 3.29. The first-order valence-electron chi connectivity index (χ1n) is 4.64. The molecule has 3 nitrogen and oxygen atoms in total. The molecule has 14 heavy (non-hydrogen) atoms. The molecule has 0 atom stereocenters. The van der Waals surface area contributed by atoms with Crippen molar-refractivity contribution < 1.29 is 14.3 Å². The predicted octanol–water partition coefficient (Wildman–Crippen LogP) is 1.51. The first-order chi connectivity index (χ1) is 6.81. The molecule has 0 saturated heterocycles. The highest BCUT2D eigenvalue weighted by Crippen LogP contribution is 2.32. The minimum Gasteiger partial charge on any atom is -0.486 e. The molecule has 0 spiro atoms. The molecule has 1 aliphatic heterocycles. The van der Waals surface area contributed by atoms with E-state index in [4.69, 9.17) is 9.47 Å². The Hall–Kier alpha value is -1.51. The van der Waals surface area contributed by atoms with Gasteiger partial charge in [-0.1, -0.05) is 0 Å². The quantitative estimate of drug-likeness (QED) is 0.666. The smallest absolute Gasteiger partial charge is 0.161 e. The minimum atomic E-state index is 0.433. The summed E-state index contributed by atoms with van der Waals surface area (Å²) < 4.78 is 10.8. The molecule has 0 saturated carbocycles. The average Bonchev–Trinajstić information content (AvgIpc) is 2.19. The fourth-order valence-corrected chi connectivity index (χ4v) is 1.54. The van der Waals surface area contributed by atoms with E-state index in [2.05, 4.69) is 0 Å². The lowest BCUT2D eigenvalue weighted by atomic mass is 10.1. The van der Waals surface area contributed by atoms with E-state index in [1.807, 2.05) is 19.1 Å². The third-order valence-electron chi connectivity index (χ3n) is 2.30. The Morgan fingerprint density at radius 3 is 2.57 bits per heavy atom. The molecule has 0 N–H and O–H groups in total. The van der Waals surface area contributed by atoms with E-state index in [0.717, 1.165) is 28.9 Å². The van der Waals surface area contributed by atoms with E-state index in [9.17, 15) is 4.79 Å². The van der Waals surface area contributed by atoms with Crippen molar-refractivity contribution in [3.63, 3.8) is 0 Å². The summed E-state index contributed by atoms with van der Waals surface area (Å²) in [4.78, 5) is 10.4. The summed E-state index contributed by atoms with van der Waals surface area (Å²) in [6.45, 7) is 3.15. The average molecular weight is 192 g/mol. The van der Waals surface area contributed by atoms with E-state index in [0.29, 0.717) is 19.6 Å². The summed E-state index contributed by atoms with van der Waals surface area (Å²) in [5.74, 6) is 1.53. The molecule has 1 heterocycles. The number of rotatable bonds is 2. The Kier molecular flexibility index (Phi) is 2.39. The lowest BCUT2D eigenvalue weighted by molar-refractivity contribution is -0.107. The molecule has 74 valence electrons. The number of carbonyl (C=O) groups is 1. The maximum atomic E-state index is 10.4. The monoisotopic (exact) mass is 192 g/mol. The number of benzene rings is 1. The number of carbonyl (C=O) groups excluding carboxylic acids is 1. The van der Waals surface area contributed by atoms with Gasteiger partial charge in [0.2, 0.25) is 0 Å². The van der Waals surface area contributed by atoms with Crippen molar-refractivity contribution in [2.75, 3.05) is 13.2 Å². The van der Waals surface area contributed by atoms with Crippen LogP contribution in [-0.4, -0.2) is 19.5 Å². The minimum absolute atomic E-state index is 0.433. The van der Waals surface area contributed by atoms with Gasteiger partial charge in [0, 0.05) is 6.42 Å². The van der Waals surface area contributed by atoms with E-state index in [1.54, 1.807) is 0 Å². The summed E-state index contributed by atoms with van der Waals surface area (Å²) in [7, 11) is 0. The van der Waals surface area contributed by atoms with E-state index < -0.39 is 0 Å². The van der Waals surface area contributed by atoms with Gasteiger partial charge in [-0.2, -0.15) is 0 Å². The van der Waals surface area contributed by atoms with Crippen LogP contribution in [0.5, 0.6) is 11.5 Å². The fourth-order valence-electron chi connectivity index (χ4n) is 1.54. The predicted molar refractivity (Wildman–Crippen MR) is 51.9 cm³/mol. The van der Waals surface area contributed by atoms with Gasteiger partial charge in [-0.05, 0) is 30.2 Å².